The molecule has 0 unspecified atom stereocenters. The van der Waals surface area contributed by atoms with Crippen molar-refractivity contribution in [1.82, 2.24) is 4.98 Å². The molecule has 1 aromatic heterocycles. The first kappa shape index (κ1) is 12.7. The van der Waals surface area contributed by atoms with Gasteiger partial charge in [0.1, 0.15) is 12.4 Å². The number of anilines is 2. The molecule has 5 nitrogen and oxygen atoms in total. The quantitative estimate of drug-likeness (QED) is 0.638. The zero-order valence-corrected chi connectivity index (χ0v) is 10.9. The van der Waals surface area contributed by atoms with Crippen molar-refractivity contribution in [2.45, 2.75) is 0 Å². The summed E-state index contributed by atoms with van der Waals surface area (Å²) in [5.41, 5.74) is 13.9. The van der Waals surface area contributed by atoms with Crippen LogP contribution in [-0.2, 0) is 4.74 Å². The second-order valence-electron chi connectivity index (χ2n) is 3.66. The van der Waals surface area contributed by atoms with Crippen LogP contribution in [0.2, 0.25) is 0 Å². The van der Waals surface area contributed by atoms with Gasteiger partial charge in [0.2, 0.25) is 0 Å². The number of rotatable bonds is 5. The van der Waals surface area contributed by atoms with Crippen LogP contribution in [0.1, 0.15) is 0 Å². The molecule has 96 valence electrons. The van der Waals surface area contributed by atoms with E-state index in [1.807, 2.05) is 23.6 Å². The van der Waals surface area contributed by atoms with Crippen LogP contribution in [0.4, 0.5) is 10.8 Å². The molecule has 0 saturated heterocycles. The zero-order chi connectivity index (χ0) is 13.0. The Balaban J connectivity index is 2.14. The summed E-state index contributed by atoms with van der Waals surface area (Å²) in [6, 6.07) is 5.57. The van der Waals surface area contributed by atoms with E-state index in [-0.39, 0.29) is 0 Å². The topological polar surface area (TPSA) is 83.4 Å². The van der Waals surface area contributed by atoms with Gasteiger partial charge in [0.05, 0.1) is 18.0 Å². The van der Waals surface area contributed by atoms with Crippen molar-refractivity contribution in [3.05, 3.63) is 23.6 Å². The minimum atomic E-state index is 0.476. The van der Waals surface area contributed by atoms with Gasteiger partial charge in [0.15, 0.2) is 5.13 Å². The first-order valence-corrected chi connectivity index (χ1v) is 6.31. The monoisotopic (exact) mass is 265 g/mol. The molecule has 1 heterocycles. The molecule has 0 bridgehead atoms. The molecular weight excluding hydrogens is 250 g/mol. The Morgan fingerprint density at radius 1 is 1.28 bits per heavy atom. The van der Waals surface area contributed by atoms with Crippen LogP contribution in [-0.4, -0.2) is 25.3 Å². The maximum atomic E-state index is 5.93. The van der Waals surface area contributed by atoms with Gasteiger partial charge in [0.25, 0.3) is 0 Å². The molecule has 0 aliphatic heterocycles. The predicted molar refractivity (Wildman–Crippen MR) is 73.7 cm³/mol. The molecule has 0 spiro atoms. The standard InChI is InChI=1S/C12H15N3O2S/c1-16-4-5-17-11-3-2-8(6-9(11)13)10-7-18-12(14)15-10/h2-3,6-7H,4-5,13H2,1H3,(H2,14,15). The van der Waals surface area contributed by atoms with E-state index in [9.17, 15) is 0 Å². The molecular formula is C12H15N3O2S. The number of ether oxygens (including phenoxy) is 2. The Hall–Kier alpha value is -1.79. The van der Waals surface area contributed by atoms with Crippen molar-refractivity contribution >= 4 is 22.2 Å². The number of hydrogen-bond acceptors (Lipinski definition) is 6. The first-order chi connectivity index (χ1) is 8.70. The highest BCUT2D eigenvalue weighted by atomic mass is 32.1. The predicted octanol–water partition coefficient (Wildman–Crippen LogP) is 2.00. The van der Waals surface area contributed by atoms with Crippen LogP contribution >= 0.6 is 11.3 Å². The molecule has 1 aromatic carbocycles. The Morgan fingerprint density at radius 2 is 2.11 bits per heavy atom. The van der Waals surface area contributed by atoms with Crippen molar-refractivity contribution in [3.63, 3.8) is 0 Å². The molecule has 0 saturated carbocycles. The van der Waals surface area contributed by atoms with Gasteiger partial charge in [0, 0.05) is 18.1 Å². The van der Waals surface area contributed by atoms with Crippen LogP contribution in [0.15, 0.2) is 23.6 Å². The van der Waals surface area contributed by atoms with Crippen LogP contribution in [0.3, 0.4) is 0 Å². The second-order valence-corrected chi connectivity index (χ2v) is 4.55. The van der Waals surface area contributed by atoms with E-state index in [1.54, 1.807) is 7.11 Å². The molecule has 4 N–H and O–H groups in total. The number of hydrogen-bond donors (Lipinski definition) is 2. The van der Waals surface area contributed by atoms with Gasteiger partial charge in [-0.2, -0.15) is 0 Å². The Morgan fingerprint density at radius 3 is 2.72 bits per heavy atom. The lowest BCUT2D eigenvalue weighted by Gasteiger charge is -2.09. The molecule has 0 fully saturated rings. The summed E-state index contributed by atoms with van der Waals surface area (Å²) in [6.45, 7) is 1.01. The largest absolute Gasteiger partial charge is 0.489 e. The van der Waals surface area contributed by atoms with Crippen molar-refractivity contribution in [2.75, 3.05) is 31.8 Å². The van der Waals surface area contributed by atoms with E-state index in [1.165, 1.54) is 11.3 Å². The molecule has 0 aliphatic carbocycles. The lowest BCUT2D eigenvalue weighted by Crippen LogP contribution is -2.05. The fourth-order valence-electron chi connectivity index (χ4n) is 1.49. The Labute approximate surface area is 109 Å². The van der Waals surface area contributed by atoms with E-state index in [2.05, 4.69) is 4.98 Å². The van der Waals surface area contributed by atoms with E-state index in [0.717, 1.165) is 11.3 Å². The van der Waals surface area contributed by atoms with E-state index >= 15 is 0 Å². The maximum Gasteiger partial charge on any atom is 0.180 e. The number of nitrogens with two attached hydrogens (primary N) is 2. The van der Waals surface area contributed by atoms with Gasteiger partial charge in [-0.3, -0.25) is 0 Å². The molecule has 2 aromatic rings. The number of methoxy groups -OCH3 is 1. The molecule has 0 amide bonds. The number of aromatic nitrogens is 1. The van der Waals surface area contributed by atoms with Crippen molar-refractivity contribution in [1.29, 1.82) is 0 Å². The second kappa shape index (κ2) is 5.70. The molecule has 0 radical (unpaired) electrons. The highest BCUT2D eigenvalue weighted by Gasteiger charge is 2.06. The van der Waals surface area contributed by atoms with Gasteiger partial charge in [-0.1, -0.05) is 0 Å². The Kier molecular flexibility index (Phi) is 4.01. The fraction of sp³-hybridized carbons (Fsp3) is 0.250. The molecule has 6 heteroatoms. The summed E-state index contributed by atoms with van der Waals surface area (Å²) in [6.07, 6.45) is 0. The lowest BCUT2D eigenvalue weighted by atomic mass is 10.1. The summed E-state index contributed by atoms with van der Waals surface area (Å²) < 4.78 is 10.4. The van der Waals surface area contributed by atoms with Gasteiger partial charge < -0.3 is 20.9 Å². The SMILES string of the molecule is COCCOc1ccc(-c2csc(N)n2)cc1N. The van der Waals surface area contributed by atoms with Crippen molar-refractivity contribution in [2.24, 2.45) is 0 Å². The van der Waals surface area contributed by atoms with Gasteiger partial charge >= 0.3 is 0 Å². The van der Waals surface area contributed by atoms with E-state index in [4.69, 9.17) is 20.9 Å². The van der Waals surface area contributed by atoms with E-state index < -0.39 is 0 Å². The number of nitrogens with zero attached hydrogens (tertiary/aromatic N) is 1. The first-order valence-electron chi connectivity index (χ1n) is 5.43. The average Bonchev–Trinajstić information content (AvgIpc) is 2.78. The van der Waals surface area contributed by atoms with E-state index in [0.29, 0.717) is 29.8 Å². The molecule has 2 rings (SSSR count). The molecule has 0 aliphatic rings. The van der Waals surface area contributed by atoms with Gasteiger partial charge in [-0.05, 0) is 18.2 Å². The third kappa shape index (κ3) is 2.91. The summed E-state index contributed by atoms with van der Waals surface area (Å²) in [5, 5.41) is 2.44. The van der Waals surface area contributed by atoms with Crippen molar-refractivity contribution in [3.8, 4) is 17.0 Å². The fourth-order valence-corrected chi connectivity index (χ4v) is 2.07. The van der Waals surface area contributed by atoms with Crippen LogP contribution < -0.4 is 16.2 Å². The van der Waals surface area contributed by atoms with Crippen LogP contribution in [0.25, 0.3) is 11.3 Å². The van der Waals surface area contributed by atoms with Crippen LogP contribution in [0, 0.1) is 0 Å². The normalized spacial score (nSPS) is 10.5. The summed E-state index contributed by atoms with van der Waals surface area (Å²) in [5.74, 6) is 0.652. The van der Waals surface area contributed by atoms with Gasteiger partial charge in [-0.15, -0.1) is 11.3 Å². The lowest BCUT2D eigenvalue weighted by molar-refractivity contribution is 0.147. The van der Waals surface area contributed by atoms with Gasteiger partial charge in [-0.25, -0.2) is 4.98 Å². The zero-order valence-electron chi connectivity index (χ0n) is 10.1. The minimum absolute atomic E-state index is 0.476. The maximum absolute atomic E-state index is 5.93. The number of benzene rings is 1. The highest BCUT2D eigenvalue weighted by molar-refractivity contribution is 7.13. The summed E-state index contributed by atoms with van der Waals surface area (Å²) in [4.78, 5) is 4.21. The minimum Gasteiger partial charge on any atom is -0.489 e. The van der Waals surface area contributed by atoms with Crippen LogP contribution in [0.5, 0.6) is 5.75 Å². The third-order valence-corrected chi connectivity index (χ3v) is 3.05. The Bertz CT molecular complexity index is 528. The molecule has 0 atom stereocenters. The highest BCUT2D eigenvalue weighted by Crippen LogP contribution is 2.29. The van der Waals surface area contributed by atoms with Crippen molar-refractivity contribution < 1.29 is 9.47 Å². The smallest absolute Gasteiger partial charge is 0.180 e. The number of thiazole rings is 1. The third-order valence-electron chi connectivity index (χ3n) is 2.37. The average molecular weight is 265 g/mol. The summed E-state index contributed by atoms with van der Waals surface area (Å²) in [7, 11) is 1.63. The molecule has 18 heavy (non-hydrogen) atoms. The number of nitrogen functional groups attached to an aromatic ring is 2. The summed E-state index contributed by atoms with van der Waals surface area (Å²) >= 11 is 1.40.